The second-order valence-corrected chi connectivity index (χ2v) is 7.45. The van der Waals surface area contributed by atoms with Crippen LogP contribution in [0.15, 0.2) is 48.7 Å². The van der Waals surface area contributed by atoms with E-state index in [1.807, 2.05) is 12.1 Å². The molecule has 2 aromatic heterocycles. The molecule has 10 heteroatoms. The number of rotatable bonds is 7. The third-order valence-electron chi connectivity index (χ3n) is 4.51. The number of benzene rings is 1. The first-order valence-corrected chi connectivity index (χ1v) is 9.85. The maximum absolute atomic E-state index is 12.8. The molecule has 29 heavy (non-hydrogen) atoms. The Kier molecular flexibility index (Phi) is 4.86. The lowest BCUT2D eigenvalue weighted by Crippen LogP contribution is -2.26. The molecule has 0 bridgehead atoms. The van der Waals surface area contributed by atoms with Crippen molar-refractivity contribution in [3.63, 3.8) is 0 Å². The number of amides is 1. The number of aromatic nitrogens is 4. The number of hydrogen-bond acceptors (Lipinski definition) is 9. The van der Waals surface area contributed by atoms with Crippen molar-refractivity contribution >= 4 is 33.3 Å². The highest BCUT2D eigenvalue weighted by atomic mass is 32.1. The van der Waals surface area contributed by atoms with Crippen molar-refractivity contribution in [2.45, 2.75) is 18.6 Å². The summed E-state index contributed by atoms with van der Waals surface area (Å²) in [6.45, 7) is 1.58. The molecule has 1 amide bonds. The van der Waals surface area contributed by atoms with Gasteiger partial charge in [0.05, 0.1) is 4.11 Å². The van der Waals surface area contributed by atoms with Gasteiger partial charge in [-0.2, -0.15) is 5.10 Å². The highest BCUT2D eigenvalue weighted by molar-refractivity contribution is 7.19. The van der Waals surface area contributed by atoms with Crippen molar-refractivity contribution in [3.8, 4) is 0 Å². The van der Waals surface area contributed by atoms with Crippen molar-refractivity contribution in [1.82, 2.24) is 20.4 Å². The van der Waals surface area contributed by atoms with Gasteiger partial charge in [-0.25, -0.2) is 0 Å². The number of ether oxygens (including phenoxy) is 1. The van der Waals surface area contributed by atoms with Gasteiger partial charge in [-0.05, 0) is 24.1 Å². The van der Waals surface area contributed by atoms with Gasteiger partial charge in [-0.1, -0.05) is 41.7 Å². The quantitative estimate of drug-likeness (QED) is 0.607. The lowest BCUT2D eigenvalue weighted by atomic mass is 10.1. The van der Waals surface area contributed by atoms with Gasteiger partial charge in [-0.3, -0.25) is 10.1 Å². The lowest BCUT2D eigenvalue weighted by Gasteiger charge is -2.16. The van der Waals surface area contributed by atoms with Crippen LogP contribution in [0.1, 0.15) is 22.2 Å². The molecule has 0 spiro atoms. The largest absolute Gasteiger partial charge is 0.367 e. The van der Waals surface area contributed by atoms with E-state index in [1.165, 1.54) is 11.3 Å². The fraction of sp³-hybridized carbons (Fsp3) is 0.316. The number of hydrogen-bond donors (Lipinski definition) is 2. The van der Waals surface area contributed by atoms with E-state index in [-0.39, 0.29) is 11.2 Å². The monoisotopic (exact) mass is 414 g/mol. The number of methoxy groups -OCH3 is 1. The fourth-order valence-electron chi connectivity index (χ4n) is 3.13. The maximum Gasteiger partial charge on any atom is 0.259 e. The van der Waals surface area contributed by atoms with Crippen LogP contribution in [0.25, 0.3) is 0 Å². The molecule has 2 N–H and O–H groups in total. The van der Waals surface area contributed by atoms with Gasteiger partial charge in [0.15, 0.2) is 11.9 Å². The molecule has 3 heterocycles. The Balaban J connectivity index is 1.37. The van der Waals surface area contributed by atoms with Crippen LogP contribution < -0.4 is 15.5 Å². The van der Waals surface area contributed by atoms with Crippen molar-refractivity contribution in [1.29, 1.82) is 0 Å². The summed E-state index contributed by atoms with van der Waals surface area (Å²) in [5, 5.41) is 22.8. The first-order chi connectivity index (χ1) is 15.4. The smallest absolute Gasteiger partial charge is 0.259 e. The second-order valence-electron chi connectivity index (χ2n) is 6.47. The van der Waals surface area contributed by atoms with Crippen molar-refractivity contribution in [2.75, 3.05) is 35.7 Å². The summed E-state index contributed by atoms with van der Waals surface area (Å²) in [5.74, 6) is 0.188. The Hall–Kier alpha value is -3.11. The van der Waals surface area contributed by atoms with E-state index >= 15 is 0 Å². The van der Waals surface area contributed by atoms with E-state index < -0.39 is 19.0 Å². The van der Waals surface area contributed by atoms with Crippen LogP contribution in [0.5, 0.6) is 0 Å². The Labute approximate surface area is 176 Å². The van der Waals surface area contributed by atoms with Crippen LogP contribution in [0.4, 0.5) is 16.1 Å². The first-order valence-electron chi connectivity index (χ1n) is 10.5. The molecular formula is C19H21N7O2S. The molecule has 0 radical (unpaired) electrons. The minimum Gasteiger partial charge on any atom is -0.367 e. The Bertz CT molecular complexity index is 1040. The topological polar surface area (TPSA) is 105 Å². The van der Waals surface area contributed by atoms with Crippen LogP contribution >= 0.6 is 11.3 Å². The third kappa shape index (κ3) is 4.66. The van der Waals surface area contributed by atoms with Gasteiger partial charge in [0.2, 0.25) is 10.3 Å². The molecule has 150 valence electrons. The van der Waals surface area contributed by atoms with Crippen LogP contribution in [0.3, 0.4) is 0 Å². The normalized spacial score (nSPS) is 19.1. The molecule has 1 saturated heterocycles. The van der Waals surface area contributed by atoms with Gasteiger partial charge in [0, 0.05) is 32.4 Å². The molecular weight excluding hydrogens is 390 g/mol. The molecule has 1 aliphatic heterocycles. The molecule has 4 rings (SSSR count). The average Bonchev–Trinajstić information content (AvgIpc) is 3.42. The van der Waals surface area contributed by atoms with Crippen LogP contribution in [-0.4, -0.2) is 52.5 Å². The number of nitrogens with zero attached hydrogens (tertiary/aromatic N) is 5. The van der Waals surface area contributed by atoms with Gasteiger partial charge in [0.1, 0.15) is 0 Å². The van der Waals surface area contributed by atoms with Gasteiger partial charge in [0.25, 0.3) is 5.91 Å². The van der Waals surface area contributed by atoms with Crippen LogP contribution in [0.2, 0.25) is 0 Å². The SMILES string of the molecule is [2H]C([2H])([2H])O[C@@H](C(=O)Nc1nnc(N[C@@H]2CCN(c3cccnn3)C2)s1)c1ccccc1. The number of anilines is 3. The maximum atomic E-state index is 12.8. The summed E-state index contributed by atoms with van der Waals surface area (Å²) in [4.78, 5) is 14.9. The zero-order valence-electron chi connectivity index (χ0n) is 18.4. The minimum atomic E-state index is -2.73. The second kappa shape index (κ2) is 8.93. The summed E-state index contributed by atoms with van der Waals surface area (Å²) < 4.78 is 27.2. The lowest BCUT2D eigenvalue weighted by molar-refractivity contribution is -0.126. The fourth-order valence-corrected chi connectivity index (χ4v) is 3.85. The van der Waals surface area contributed by atoms with E-state index in [1.54, 1.807) is 36.5 Å². The summed E-state index contributed by atoms with van der Waals surface area (Å²) in [7, 11) is -2.73. The highest BCUT2D eigenvalue weighted by Crippen LogP contribution is 2.26. The number of carbonyl (C=O) groups is 1. The van der Waals surface area contributed by atoms with E-state index in [9.17, 15) is 4.79 Å². The number of carbonyl (C=O) groups excluding carboxylic acids is 1. The molecule has 1 aromatic carbocycles. The van der Waals surface area contributed by atoms with Crippen LogP contribution in [0, 0.1) is 0 Å². The predicted molar refractivity (Wildman–Crippen MR) is 111 cm³/mol. The first kappa shape index (κ1) is 15.8. The Morgan fingerprint density at radius 2 is 2.10 bits per heavy atom. The molecule has 1 fully saturated rings. The zero-order valence-corrected chi connectivity index (χ0v) is 16.2. The zero-order chi connectivity index (χ0) is 22.6. The molecule has 0 saturated carbocycles. The molecule has 0 aliphatic carbocycles. The predicted octanol–water partition coefficient (Wildman–Crippen LogP) is 2.35. The van der Waals surface area contributed by atoms with Gasteiger partial charge >= 0.3 is 0 Å². The molecule has 1 aliphatic rings. The summed E-state index contributed by atoms with van der Waals surface area (Å²) in [5.41, 5.74) is 0.430. The van der Waals surface area contributed by atoms with Gasteiger partial charge in [-0.15, -0.1) is 15.3 Å². The van der Waals surface area contributed by atoms with E-state index in [0.717, 1.165) is 25.3 Å². The van der Waals surface area contributed by atoms with E-state index in [4.69, 9.17) is 8.85 Å². The Morgan fingerprint density at radius 3 is 2.90 bits per heavy atom. The van der Waals surface area contributed by atoms with Crippen molar-refractivity contribution in [3.05, 3.63) is 54.2 Å². The molecule has 3 aromatic rings. The van der Waals surface area contributed by atoms with Crippen LogP contribution in [-0.2, 0) is 9.53 Å². The van der Waals surface area contributed by atoms with Gasteiger partial charge < -0.3 is 15.0 Å². The van der Waals surface area contributed by atoms with Crippen molar-refractivity contribution in [2.24, 2.45) is 0 Å². The molecule has 0 unspecified atom stereocenters. The van der Waals surface area contributed by atoms with Crippen molar-refractivity contribution < 1.29 is 13.6 Å². The highest BCUT2D eigenvalue weighted by Gasteiger charge is 2.25. The number of nitrogens with one attached hydrogen (secondary N) is 2. The summed E-state index contributed by atoms with van der Waals surface area (Å²) in [6.07, 6.45) is 1.22. The van der Waals surface area contributed by atoms with E-state index in [2.05, 4.69) is 35.9 Å². The molecule has 2 atom stereocenters. The summed E-state index contributed by atoms with van der Waals surface area (Å²) >= 11 is 1.17. The average molecular weight is 415 g/mol. The third-order valence-corrected chi connectivity index (χ3v) is 5.28. The Morgan fingerprint density at radius 1 is 1.24 bits per heavy atom. The van der Waals surface area contributed by atoms with E-state index in [0.29, 0.717) is 10.7 Å². The minimum absolute atomic E-state index is 0.143. The summed E-state index contributed by atoms with van der Waals surface area (Å²) in [6, 6.07) is 12.3. The standard InChI is InChI=1S/C19H21N7O2S/c1-28-16(13-6-3-2-4-7-13)17(27)22-19-25-24-18(29-19)21-14-9-11-26(12-14)15-8-5-10-20-23-15/h2-8,10,14,16H,9,11-12H2,1H3,(H,21,24)(H,22,25,27)/t14-,16-/m1/s1/i1D3. The molecule has 9 nitrogen and oxygen atoms in total.